The minimum absolute atomic E-state index is 0.874. The molecule has 0 heterocycles. The highest BCUT2D eigenvalue weighted by molar-refractivity contribution is 5.08. The zero-order valence-electron chi connectivity index (χ0n) is 5.30. The lowest BCUT2D eigenvalue weighted by Crippen LogP contribution is -1.96. The van der Waals surface area contributed by atoms with Crippen molar-refractivity contribution in [2.75, 3.05) is 0 Å². The van der Waals surface area contributed by atoms with Gasteiger partial charge in [-0.15, -0.1) is 0 Å². The van der Waals surface area contributed by atoms with E-state index < -0.39 is 0 Å². The van der Waals surface area contributed by atoms with E-state index in [2.05, 4.69) is 19.1 Å². The van der Waals surface area contributed by atoms with Gasteiger partial charge in [0.1, 0.15) is 0 Å². The van der Waals surface area contributed by atoms with Crippen LogP contribution in [0.15, 0.2) is 12.2 Å². The highest BCUT2D eigenvalue weighted by atomic mass is 14.4. The third kappa shape index (κ3) is 0.594. The number of hydrogen-bond acceptors (Lipinski definition) is 0. The zero-order valence-corrected chi connectivity index (χ0v) is 5.30. The maximum absolute atomic E-state index is 2.40. The Morgan fingerprint density at radius 2 is 2.12 bits per heavy atom. The summed E-state index contributed by atoms with van der Waals surface area (Å²) in [6, 6.07) is 0. The number of rotatable bonds is 0. The zero-order chi connectivity index (χ0) is 5.56. The molecule has 0 aromatic carbocycles. The van der Waals surface area contributed by atoms with Crippen LogP contribution in [-0.2, 0) is 0 Å². The van der Waals surface area contributed by atoms with Gasteiger partial charge in [-0.1, -0.05) is 19.1 Å². The van der Waals surface area contributed by atoms with E-state index in [-0.39, 0.29) is 0 Å². The molecule has 2 aliphatic carbocycles. The Labute approximate surface area is 50.6 Å². The fraction of sp³-hybridized carbons (Fsp3) is 0.750. The molecule has 0 nitrogen and oxygen atoms in total. The molecule has 1 saturated carbocycles. The predicted octanol–water partition coefficient (Wildman–Crippen LogP) is 2.22. The Bertz CT molecular complexity index is 124. The molecule has 2 aliphatic rings. The Morgan fingerprint density at radius 1 is 1.25 bits per heavy atom. The van der Waals surface area contributed by atoms with E-state index in [4.69, 9.17) is 0 Å². The molecule has 1 fully saturated rings. The quantitative estimate of drug-likeness (QED) is 0.417. The molecule has 44 valence electrons. The summed E-state index contributed by atoms with van der Waals surface area (Å²) in [7, 11) is 0. The van der Waals surface area contributed by atoms with Crippen molar-refractivity contribution < 1.29 is 0 Å². The summed E-state index contributed by atoms with van der Waals surface area (Å²) in [5.41, 5.74) is 0. The van der Waals surface area contributed by atoms with E-state index >= 15 is 0 Å². The Balaban J connectivity index is 2.11. The van der Waals surface area contributed by atoms with E-state index in [9.17, 15) is 0 Å². The first kappa shape index (κ1) is 4.60. The summed E-state index contributed by atoms with van der Waals surface area (Å²) < 4.78 is 0. The predicted molar refractivity (Wildman–Crippen MR) is 34.5 cm³/mol. The molecule has 0 N–H and O–H groups in total. The highest BCUT2D eigenvalue weighted by Crippen LogP contribution is 2.47. The molecule has 0 aromatic rings. The van der Waals surface area contributed by atoms with Gasteiger partial charge in [0.05, 0.1) is 0 Å². The van der Waals surface area contributed by atoms with Crippen LogP contribution in [0, 0.1) is 17.8 Å². The van der Waals surface area contributed by atoms with Gasteiger partial charge in [-0.25, -0.2) is 0 Å². The third-order valence-electron chi connectivity index (χ3n) is 2.34. The van der Waals surface area contributed by atoms with Gasteiger partial charge in [0.15, 0.2) is 0 Å². The van der Waals surface area contributed by atoms with E-state index in [0.29, 0.717) is 0 Å². The Morgan fingerprint density at radius 3 is 2.75 bits per heavy atom. The second-order valence-corrected chi connectivity index (χ2v) is 3.26. The summed E-state index contributed by atoms with van der Waals surface area (Å²) in [6.45, 7) is 2.31. The molecular formula is C8H12. The van der Waals surface area contributed by atoms with Crippen LogP contribution in [0.3, 0.4) is 0 Å². The second kappa shape index (κ2) is 1.37. The summed E-state index contributed by atoms with van der Waals surface area (Å²) in [5.74, 6) is 2.97. The molecule has 0 bridgehead atoms. The molecule has 0 spiro atoms. The van der Waals surface area contributed by atoms with Crippen molar-refractivity contribution in [3.05, 3.63) is 12.2 Å². The molecule has 0 aliphatic heterocycles. The van der Waals surface area contributed by atoms with Gasteiger partial charge < -0.3 is 0 Å². The largest absolute Gasteiger partial charge is 0.0854 e. The van der Waals surface area contributed by atoms with E-state index in [1.807, 2.05) is 0 Å². The first-order valence-corrected chi connectivity index (χ1v) is 3.54. The fourth-order valence-corrected chi connectivity index (χ4v) is 1.67. The topological polar surface area (TPSA) is 0 Å². The van der Waals surface area contributed by atoms with E-state index in [1.54, 1.807) is 0 Å². The smallest absolute Gasteiger partial charge is 0.0202 e. The molecule has 3 atom stereocenters. The monoisotopic (exact) mass is 108 g/mol. The summed E-state index contributed by atoms with van der Waals surface area (Å²) in [4.78, 5) is 0. The highest BCUT2D eigenvalue weighted by Gasteiger charge is 2.37. The van der Waals surface area contributed by atoms with Crippen molar-refractivity contribution in [2.24, 2.45) is 17.8 Å². The fourth-order valence-electron chi connectivity index (χ4n) is 1.67. The van der Waals surface area contributed by atoms with Crippen molar-refractivity contribution >= 4 is 0 Å². The number of allylic oxidation sites excluding steroid dienone is 2. The molecule has 2 rings (SSSR count). The van der Waals surface area contributed by atoms with Crippen molar-refractivity contribution in [1.29, 1.82) is 0 Å². The molecule has 3 unspecified atom stereocenters. The van der Waals surface area contributed by atoms with Crippen molar-refractivity contribution in [1.82, 2.24) is 0 Å². The first-order valence-electron chi connectivity index (χ1n) is 3.54. The minimum Gasteiger partial charge on any atom is -0.0854 e. The summed E-state index contributed by atoms with van der Waals surface area (Å²) >= 11 is 0. The van der Waals surface area contributed by atoms with Crippen LogP contribution in [0.5, 0.6) is 0 Å². The molecule has 8 heavy (non-hydrogen) atoms. The minimum atomic E-state index is 0.874. The molecule has 0 aromatic heterocycles. The Kier molecular flexibility index (Phi) is 0.787. The van der Waals surface area contributed by atoms with Crippen molar-refractivity contribution in [3.8, 4) is 0 Å². The van der Waals surface area contributed by atoms with Crippen LogP contribution in [-0.4, -0.2) is 0 Å². The molecule has 0 saturated heterocycles. The average Bonchev–Trinajstić information content (AvgIpc) is 2.43. The van der Waals surface area contributed by atoms with E-state index in [0.717, 1.165) is 17.8 Å². The average molecular weight is 108 g/mol. The normalized spacial score (nSPS) is 50.9. The molecule has 0 amide bonds. The molecular weight excluding hydrogens is 96.1 g/mol. The SMILES string of the molecule is CC1C=CC2CC2C1. The maximum Gasteiger partial charge on any atom is -0.0202 e. The maximum atomic E-state index is 2.40. The van der Waals surface area contributed by atoms with E-state index in [1.165, 1.54) is 12.8 Å². The molecule has 0 heteroatoms. The lowest BCUT2D eigenvalue weighted by atomic mass is 9.98. The summed E-state index contributed by atoms with van der Waals surface area (Å²) in [5, 5.41) is 0. The summed E-state index contributed by atoms with van der Waals surface area (Å²) in [6.07, 6.45) is 7.72. The first-order chi connectivity index (χ1) is 3.86. The van der Waals surface area contributed by atoms with Gasteiger partial charge in [0.2, 0.25) is 0 Å². The van der Waals surface area contributed by atoms with Crippen LogP contribution in [0.2, 0.25) is 0 Å². The number of fused-ring (bicyclic) bond motifs is 1. The lowest BCUT2D eigenvalue weighted by molar-refractivity contribution is 0.552. The van der Waals surface area contributed by atoms with Gasteiger partial charge in [0.25, 0.3) is 0 Å². The van der Waals surface area contributed by atoms with Gasteiger partial charge >= 0.3 is 0 Å². The second-order valence-electron chi connectivity index (χ2n) is 3.26. The van der Waals surface area contributed by atoms with Gasteiger partial charge in [0, 0.05) is 0 Å². The third-order valence-corrected chi connectivity index (χ3v) is 2.34. The van der Waals surface area contributed by atoms with Crippen LogP contribution in [0.4, 0.5) is 0 Å². The number of hydrogen-bond donors (Lipinski definition) is 0. The van der Waals surface area contributed by atoms with Gasteiger partial charge in [-0.3, -0.25) is 0 Å². The molecule has 0 radical (unpaired) electrons. The van der Waals surface area contributed by atoms with Crippen LogP contribution in [0.25, 0.3) is 0 Å². The van der Waals surface area contributed by atoms with Gasteiger partial charge in [-0.05, 0) is 30.6 Å². The lowest BCUT2D eigenvalue weighted by Gasteiger charge is -2.08. The standard InChI is InChI=1S/C8H12/c1-6-2-3-7-5-8(7)4-6/h2-3,6-8H,4-5H2,1H3. The van der Waals surface area contributed by atoms with Crippen LogP contribution in [0.1, 0.15) is 19.8 Å². The Hall–Kier alpha value is -0.260. The van der Waals surface area contributed by atoms with Crippen molar-refractivity contribution in [3.63, 3.8) is 0 Å². The van der Waals surface area contributed by atoms with Crippen molar-refractivity contribution in [2.45, 2.75) is 19.8 Å². The van der Waals surface area contributed by atoms with Crippen LogP contribution < -0.4 is 0 Å². The van der Waals surface area contributed by atoms with Gasteiger partial charge in [-0.2, -0.15) is 0 Å². The van der Waals surface area contributed by atoms with Crippen LogP contribution >= 0.6 is 0 Å².